The van der Waals surface area contributed by atoms with Gasteiger partial charge in [-0.1, -0.05) is 28.1 Å². The van der Waals surface area contributed by atoms with Crippen LogP contribution in [0.1, 0.15) is 18.4 Å². The van der Waals surface area contributed by atoms with Crippen LogP contribution in [0.25, 0.3) is 0 Å². The normalized spacial score (nSPS) is 26.9. The van der Waals surface area contributed by atoms with E-state index < -0.39 is 0 Å². The van der Waals surface area contributed by atoms with Gasteiger partial charge in [0.2, 0.25) is 0 Å². The van der Waals surface area contributed by atoms with Crippen molar-refractivity contribution in [1.29, 1.82) is 0 Å². The highest BCUT2D eigenvalue weighted by Crippen LogP contribution is 2.23. The molecule has 0 amide bonds. The minimum absolute atomic E-state index is 0.0478. The van der Waals surface area contributed by atoms with Gasteiger partial charge in [-0.05, 0) is 50.6 Å². The van der Waals surface area contributed by atoms with Crippen LogP contribution < -0.4 is 5.73 Å². The first kappa shape index (κ1) is 12.1. The fraction of sp³-hybridized carbons (Fsp3) is 0.538. The Bertz CT molecular complexity index is 367. The van der Waals surface area contributed by atoms with Gasteiger partial charge in [-0.2, -0.15) is 0 Å². The lowest BCUT2D eigenvalue weighted by molar-refractivity contribution is 0.178. The summed E-state index contributed by atoms with van der Waals surface area (Å²) in [5.74, 6) is 0. The van der Waals surface area contributed by atoms with Crippen LogP contribution in [0, 0.1) is 0 Å². The van der Waals surface area contributed by atoms with E-state index in [4.69, 9.17) is 5.73 Å². The topological polar surface area (TPSA) is 29.3 Å². The lowest BCUT2D eigenvalue weighted by Gasteiger charge is -2.38. The average molecular weight is 283 g/mol. The van der Waals surface area contributed by atoms with Crippen LogP contribution >= 0.6 is 15.9 Å². The van der Waals surface area contributed by atoms with E-state index in [1.807, 2.05) is 0 Å². The fourth-order valence-corrected chi connectivity index (χ4v) is 3.04. The van der Waals surface area contributed by atoms with Gasteiger partial charge in [0.1, 0.15) is 0 Å². The van der Waals surface area contributed by atoms with E-state index >= 15 is 0 Å². The lowest BCUT2D eigenvalue weighted by atomic mass is 9.84. The standard InChI is InChI=1S/C13H19BrN2/c1-16-7-3-6-13(15,10-16)9-11-4-2-5-12(14)8-11/h2,4-5,8H,3,6-7,9-10,15H2,1H3. The Morgan fingerprint density at radius 3 is 3.00 bits per heavy atom. The number of likely N-dealkylation sites (tertiary alicyclic amines) is 1. The van der Waals surface area contributed by atoms with Crippen molar-refractivity contribution in [3.63, 3.8) is 0 Å². The second-order valence-corrected chi connectivity index (χ2v) is 5.93. The molecule has 1 heterocycles. The highest BCUT2D eigenvalue weighted by Gasteiger charge is 2.30. The van der Waals surface area contributed by atoms with Crippen LogP contribution in [0.5, 0.6) is 0 Å². The maximum Gasteiger partial charge on any atom is 0.0324 e. The Kier molecular flexibility index (Phi) is 3.67. The third-order valence-electron chi connectivity index (χ3n) is 3.24. The van der Waals surface area contributed by atoms with Crippen molar-refractivity contribution in [1.82, 2.24) is 4.90 Å². The van der Waals surface area contributed by atoms with E-state index in [-0.39, 0.29) is 5.54 Å². The molecule has 1 fully saturated rings. The summed E-state index contributed by atoms with van der Waals surface area (Å²) in [7, 11) is 2.15. The van der Waals surface area contributed by atoms with Crippen LogP contribution in [0.4, 0.5) is 0 Å². The molecule has 1 aliphatic heterocycles. The van der Waals surface area contributed by atoms with E-state index in [0.29, 0.717) is 0 Å². The molecule has 16 heavy (non-hydrogen) atoms. The molecule has 2 N–H and O–H groups in total. The first-order chi connectivity index (χ1) is 7.57. The van der Waals surface area contributed by atoms with Gasteiger partial charge in [-0.3, -0.25) is 0 Å². The average Bonchev–Trinajstić information content (AvgIpc) is 2.16. The Morgan fingerprint density at radius 2 is 2.31 bits per heavy atom. The monoisotopic (exact) mass is 282 g/mol. The first-order valence-corrected chi connectivity index (χ1v) is 6.59. The van der Waals surface area contributed by atoms with Crippen molar-refractivity contribution in [2.45, 2.75) is 24.8 Å². The summed E-state index contributed by atoms with van der Waals surface area (Å²) in [5, 5.41) is 0. The molecule has 88 valence electrons. The molecular weight excluding hydrogens is 264 g/mol. The van der Waals surface area contributed by atoms with Crippen LogP contribution in [-0.4, -0.2) is 30.6 Å². The zero-order valence-corrected chi connectivity index (χ0v) is 11.3. The van der Waals surface area contributed by atoms with E-state index in [1.165, 1.54) is 18.5 Å². The van der Waals surface area contributed by atoms with Gasteiger partial charge >= 0.3 is 0 Å². The van der Waals surface area contributed by atoms with Gasteiger partial charge in [-0.25, -0.2) is 0 Å². The SMILES string of the molecule is CN1CCCC(N)(Cc2cccc(Br)c2)C1. The van der Waals surface area contributed by atoms with Crippen LogP contribution in [0.3, 0.4) is 0 Å². The Balaban J connectivity index is 2.08. The summed E-state index contributed by atoms with van der Waals surface area (Å²) in [6.45, 7) is 2.18. The molecule has 2 nitrogen and oxygen atoms in total. The number of likely N-dealkylation sites (N-methyl/N-ethyl adjacent to an activating group) is 1. The summed E-state index contributed by atoms with van der Waals surface area (Å²) < 4.78 is 1.14. The smallest absolute Gasteiger partial charge is 0.0324 e. The third kappa shape index (κ3) is 3.06. The van der Waals surface area contributed by atoms with Crippen LogP contribution in [-0.2, 0) is 6.42 Å². The number of hydrogen-bond acceptors (Lipinski definition) is 2. The fourth-order valence-electron chi connectivity index (χ4n) is 2.59. The zero-order chi connectivity index (χ0) is 11.6. The second-order valence-electron chi connectivity index (χ2n) is 5.01. The number of hydrogen-bond donors (Lipinski definition) is 1. The van der Waals surface area contributed by atoms with Gasteiger partial charge < -0.3 is 10.6 Å². The van der Waals surface area contributed by atoms with Crippen molar-refractivity contribution in [3.8, 4) is 0 Å². The van der Waals surface area contributed by atoms with Gasteiger partial charge in [0.05, 0.1) is 0 Å². The van der Waals surface area contributed by atoms with Crippen molar-refractivity contribution in [3.05, 3.63) is 34.3 Å². The highest BCUT2D eigenvalue weighted by molar-refractivity contribution is 9.10. The first-order valence-electron chi connectivity index (χ1n) is 5.79. The quantitative estimate of drug-likeness (QED) is 0.903. The van der Waals surface area contributed by atoms with E-state index in [2.05, 4.69) is 52.1 Å². The van der Waals surface area contributed by atoms with E-state index in [9.17, 15) is 0 Å². The van der Waals surface area contributed by atoms with E-state index in [1.54, 1.807) is 0 Å². The van der Waals surface area contributed by atoms with Gasteiger partial charge in [0.25, 0.3) is 0 Å². The number of rotatable bonds is 2. The van der Waals surface area contributed by atoms with Gasteiger partial charge in [0.15, 0.2) is 0 Å². The third-order valence-corrected chi connectivity index (χ3v) is 3.74. The van der Waals surface area contributed by atoms with Gasteiger partial charge in [-0.15, -0.1) is 0 Å². The zero-order valence-electron chi connectivity index (χ0n) is 9.75. The molecule has 1 aliphatic rings. The summed E-state index contributed by atoms with van der Waals surface area (Å²) in [6.07, 6.45) is 3.31. The largest absolute Gasteiger partial charge is 0.324 e. The predicted molar refractivity (Wildman–Crippen MR) is 71.5 cm³/mol. The van der Waals surface area contributed by atoms with Gasteiger partial charge in [0, 0.05) is 16.6 Å². The minimum Gasteiger partial charge on any atom is -0.324 e. The number of nitrogens with two attached hydrogens (primary N) is 1. The molecule has 1 atom stereocenters. The molecule has 0 bridgehead atoms. The Hall–Kier alpha value is -0.380. The molecule has 1 aromatic rings. The van der Waals surface area contributed by atoms with Crippen LogP contribution in [0.15, 0.2) is 28.7 Å². The highest BCUT2D eigenvalue weighted by atomic mass is 79.9. The Morgan fingerprint density at radius 1 is 1.50 bits per heavy atom. The molecule has 2 rings (SSSR count). The number of halogens is 1. The molecule has 1 unspecified atom stereocenters. The van der Waals surface area contributed by atoms with E-state index in [0.717, 1.165) is 23.9 Å². The summed E-state index contributed by atoms with van der Waals surface area (Å²) >= 11 is 3.51. The second kappa shape index (κ2) is 4.86. The summed E-state index contributed by atoms with van der Waals surface area (Å²) in [6, 6.07) is 8.46. The Labute approximate surface area is 106 Å². The molecule has 0 radical (unpaired) electrons. The molecule has 0 saturated carbocycles. The molecule has 1 aromatic carbocycles. The molecule has 0 aromatic heterocycles. The maximum atomic E-state index is 6.47. The van der Waals surface area contributed by atoms with Crippen LogP contribution in [0.2, 0.25) is 0 Å². The van der Waals surface area contributed by atoms with Crippen molar-refractivity contribution < 1.29 is 0 Å². The predicted octanol–water partition coefficient (Wildman–Crippen LogP) is 2.41. The summed E-state index contributed by atoms with van der Waals surface area (Å²) in [4.78, 5) is 2.33. The minimum atomic E-state index is -0.0478. The number of piperidine rings is 1. The van der Waals surface area contributed by atoms with Crippen molar-refractivity contribution in [2.24, 2.45) is 5.73 Å². The molecular formula is C13H19BrN2. The number of nitrogens with zero attached hydrogens (tertiary/aromatic N) is 1. The molecule has 0 spiro atoms. The molecule has 3 heteroatoms. The lowest BCUT2D eigenvalue weighted by Crippen LogP contribution is -2.54. The molecule has 0 aliphatic carbocycles. The maximum absolute atomic E-state index is 6.47. The summed E-state index contributed by atoms with van der Waals surface area (Å²) in [5.41, 5.74) is 7.75. The van der Waals surface area contributed by atoms with Crippen molar-refractivity contribution >= 4 is 15.9 Å². The number of benzene rings is 1. The molecule has 1 saturated heterocycles. The van der Waals surface area contributed by atoms with Crippen molar-refractivity contribution in [2.75, 3.05) is 20.1 Å².